The number of rotatable bonds is 0. The van der Waals surface area contributed by atoms with Gasteiger partial charge in [0.05, 0.1) is 11.3 Å². The molecule has 132 valence electrons. The Labute approximate surface area is 145 Å². The molecule has 1 N–H and O–H groups in total. The van der Waals surface area contributed by atoms with Gasteiger partial charge in [-0.25, -0.2) is 0 Å². The van der Waals surface area contributed by atoms with Crippen LogP contribution in [0, 0.1) is 34.5 Å². The zero-order valence-electron chi connectivity index (χ0n) is 15.3. The van der Waals surface area contributed by atoms with E-state index in [2.05, 4.69) is 25.9 Å². The maximum Gasteiger partial charge on any atom is 0.127 e. The highest BCUT2D eigenvalue weighted by molar-refractivity contribution is 5.25. The molecule has 0 saturated heterocycles. The summed E-state index contributed by atoms with van der Waals surface area (Å²) in [7, 11) is 0. The lowest BCUT2D eigenvalue weighted by Crippen LogP contribution is -2.56. The molecule has 0 radical (unpaired) electrons. The van der Waals surface area contributed by atoms with E-state index in [4.69, 9.17) is 4.52 Å². The van der Waals surface area contributed by atoms with Crippen LogP contribution in [0.25, 0.3) is 0 Å². The van der Waals surface area contributed by atoms with Crippen LogP contribution >= 0.6 is 0 Å². The van der Waals surface area contributed by atoms with Gasteiger partial charge < -0.3 is 9.63 Å². The summed E-state index contributed by atoms with van der Waals surface area (Å²) < 4.78 is 5.28. The number of hydrogen-bond donors (Lipinski definition) is 1. The second-order valence-electron chi connectivity index (χ2n) is 10.1. The van der Waals surface area contributed by atoms with Crippen molar-refractivity contribution in [3.63, 3.8) is 0 Å². The van der Waals surface area contributed by atoms with E-state index in [-0.39, 0.29) is 5.41 Å². The average molecular weight is 329 g/mol. The highest BCUT2D eigenvalue weighted by Crippen LogP contribution is 2.67. The maximum atomic E-state index is 11.0. The van der Waals surface area contributed by atoms with Crippen LogP contribution in [0.3, 0.4) is 0 Å². The van der Waals surface area contributed by atoms with E-state index in [1.165, 1.54) is 43.4 Å². The predicted octanol–water partition coefficient (Wildman–Crippen LogP) is 4.38. The topological polar surface area (TPSA) is 46.3 Å². The molecule has 4 aliphatic carbocycles. The maximum absolute atomic E-state index is 11.0. The lowest BCUT2D eigenvalue weighted by atomic mass is 9.44. The molecule has 0 unspecified atom stereocenters. The van der Waals surface area contributed by atoms with Gasteiger partial charge in [0.1, 0.15) is 6.26 Å². The predicted molar refractivity (Wildman–Crippen MR) is 92.4 cm³/mol. The molecule has 0 amide bonds. The van der Waals surface area contributed by atoms with Gasteiger partial charge in [0, 0.05) is 5.56 Å². The Morgan fingerprint density at radius 2 is 1.88 bits per heavy atom. The third-order valence-electron chi connectivity index (χ3n) is 9.37. The molecule has 1 aromatic heterocycles. The molecule has 24 heavy (non-hydrogen) atoms. The summed E-state index contributed by atoms with van der Waals surface area (Å²) in [5, 5.41) is 15.3. The van der Waals surface area contributed by atoms with E-state index < -0.39 is 5.60 Å². The van der Waals surface area contributed by atoms with Crippen molar-refractivity contribution in [2.24, 2.45) is 34.5 Å². The molecule has 5 rings (SSSR count). The third kappa shape index (κ3) is 1.75. The number of fused-ring (bicyclic) bond motifs is 6. The first-order valence-electron chi connectivity index (χ1n) is 10.00. The summed E-state index contributed by atoms with van der Waals surface area (Å²) in [6.07, 6.45) is 11.6. The van der Waals surface area contributed by atoms with Gasteiger partial charge in [0.2, 0.25) is 0 Å². The molecule has 7 atom stereocenters. The molecule has 3 fully saturated rings. The lowest BCUT2D eigenvalue weighted by molar-refractivity contribution is -0.139. The Hall–Kier alpha value is -0.830. The molecule has 3 heteroatoms. The largest absolute Gasteiger partial charge is 0.390 e. The van der Waals surface area contributed by atoms with Gasteiger partial charge in [-0.15, -0.1) is 0 Å². The second kappa shape index (κ2) is 4.66. The number of nitrogens with zero attached hydrogens (tertiary/aromatic N) is 1. The molecule has 0 spiro atoms. The Bertz CT molecular complexity index is 665. The SMILES string of the molecule is C[C@@]12Cc3conc3C[C@@H]1CC[C@@H]1[C@H]2CC[C@]2(C)[C@H]1CC[C@]2(C)O. The fourth-order valence-corrected chi connectivity index (χ4v) is 7.63. The van der Waals surface area contributed by atoms with Gasteiger partial charge in [-0.1, -0.05) is 19.0 Å². The Morgan fingerprint density at radius 1 is 1.08 bits per heavy atom. The molecule has 4 aliphatic rings. The van der Waals surface area contributed by atoms with Crippen molar-refractivity contribution in [2.75, 3.05) is 0 Å². The average Bonchev–Trinajstić information content (AvgIpc) is 3.06. The smallest absolute Gasteiger partial charge is 0.127 e. The fraction of sp³-hybridized carbons (Fsp3) is 0.857. The Morgan fingerprint density at radius 3 is 2.71 bits per heavy atom. The van der Waals surface area contributed by atoms with Crippen molar-refractivity contribution in [2.45, 2.75) is 77.7 Å². The van der Waals surface area contributed by atoms with Crippen LogP contribution in [0.2, 0.25) is 0 Å². The fourth-order valence-electron chi connectivity index (χ4n) is 7.63. The molecule has 0 aromatic carbocycles. The van der Waals surface area contributed by atoms with E-state index in [1.54, 1.807) is 0 Å². The van der Waals surface area contributed by atoms with Gasteiger partial charge in [-0.3, -0.25) is 0 Å². The minimum absolute atomic E-state index is 0.133. The normalized spacial score (nSPS) is 53.0. The molecule has 3 saturated carbocycles. The van der Waals surface area contributed by atoms with Gasteiger partial charge in [0.15, 0.2) is 0 Å². The number of aliphatic hydroxyl groups is 1. The first-order chi connectivity index (χ1) is 11.4. The molecule has 0 bridgehead atoms. The zero-order valence-corrected chi connectivity index (χ0v) is 15.3. The highest BCUT2D eigenvalue weighted by atomic mass is 16.5. The first-order valence-corrected chi connectivity index (χ1v) is 10.00. The van der Waals surface area contributed by atoms with Crippen LogP contribution in [0.5, 0.6) is 0 Å². The summed E-state index contributed by atoms with van der Waals surface area (Å²) in [4.78, 5) is 0. The Kier molecular flexibility index (Phi) is 3.00. The minimum atomic E-state index is -0.464. The summed E-state index contributed by atoms with van der Waals surface area (Å²) in [6.45, 7) is 7.04. The van der Waals surface area contributed by atoms with Crippen molar-refractivity contribution in [1.29, 1.82) is 0 Å². The van der Waals surface area contributed by atoms with Crippen molar-refractivity contribution >= 4 is 0 Å². The van der Waals surface area contributed by atoms with E-state index in [0.717, 1.165) is 37.0 Å². The number of hydrogen-bond acceptors (Lipinski definition) is 3. The third-order valence-corrected chi connectivity index (χ3v) is 9.37. The molecule has 0 aliphatic heterocycles. The van der Waals surface area contributed by atoms with Crippen LogP contribution in [0.1, 0.15) is 70.6 Å². The van der Waals surface area contributed by atoms with Crippen LogP contribution < -0.4 is 0 Å². The summed E-state index contributed by atoms with van der Waals surface area (Å²) in [5.74, 6) is 3.10. The van der Waals surface area contributed by atoms with Crippen LogP contribution in [-0.4, -0.2) is 15.9 Å². The van der Waals surface area contributed by atoms with Gasteiger partial charge >= 0.3 is 0 Å². The first kappa shape index (κ1) is 15.4. The van der Waals surface area contributed by atoms with E-state index in [9.17, 15) is 5.11 Å². The second-order valence-corrected chi connectivity index (χ2v) is 10.1. The van der Waals surface area contributed by atoms with Crippen LogP contribution in [-0.2, 0) is 12.8 Å². The molecule has 3 nitrogen and oxygen atoms in total. The van der Waals surface area contributed by atoms with E-state index in [1.807, 2.05) is 6.26 Å². The summed E-state index contributed by atoms with van der Waals surface area (Å²) in [5.41, 5.74) is 2.65. The Balaban J connectivity index is 1.50. The molecular weight excluding hydrogens is 298 g/mol. The summed E-state index contributed by atoms with van der Waals surface area (Å²) >= 11 is 0. The summed E-state index contributed by atoms with van der Waals surface area (Å²) in [6, 6.07) is 0. The van der Waals surface area contributed by atoms with Crippen LogP contribution in [0.4, 0.5) is 0 Å². The van der Waals surface area contributed by atoms with Gasteiger partial charge in [0.25, 0.3) is 0 Å². The van der Waals surface area contributed by atoms with Crippen LogP contribution in [0.15, 0.2) is 10.8 Å². The zero-order chi connectivity index (χ0) is 16.7. The lowest BCUT2D eigenvalue weighted by Gasteiger charge is -2.60. The van der Waals surface area contributed by atoms with E-state index >= 15 is 0 Å². The monoisotopic (exact) mass is 329 g/mol. The van der Waals surface area contributed by atoms with Crippen molar-refractivity contribution < 1.29 is 9.63 Å². The van der Waals surface area contributed by atoms with Crippen molar-refractivity contribution in [3.8, 4) is 0 Å². The van der Waals surface area contributed by atoms with Gasteiger partial charge in [-0.2, -0.15) is 0 Å². The number of aromatic nitrogens is 1. The van der Waals surface area contributed by atoms with Gasteiger partial charge in [-0.05, 0) is 92.8 Å². The minimum Gasteiger partial charge on any atom is -0.390 e. The standard InChI is InChI=1S/C21H31NO2/c1-19-11-13-12-24-22-18(13)10-14(19)4-5-15-16(19)6-8-20(2)17(15)7-9-21(20,3)23/h12,14-17,23H,4-11H2,1-3H3/t14-,15+,16+,17-,19+,20+,21-/m0/s1. The van der Waals surface area contributed by atoms with Crippen molar-refractivity contribution in [1.82, 2.24) is 5.16 Å². The van der Waals surface area contributed by atoms with Crippen molar-refractivity contribution in [3.05, 3.63) is 17.5 Å². The quantitative estimate of drug-likeness (QED) is 0.768. The molecular formula is C21H31NO2. The molecule has 1 heterocycles. The molecule has 1 aromatic rings. The highest BCUT2D eigenvalue weighted by Gasteiger charge is 2.63. The van der Waals surface area contributed by atoms with E-state index in [0.29, 0.717) is 11.3 Å².